The molecule has 0 N–H and O–H groups in total. The Balaban J connectivity index is 0.000001000. The van der Waals surface area contributed by atoms with Crippen LogP contribution in [-0.4, -0.2) is 12.6 Å². The predicted molar refractivity (Wildman–Crippen MR) is 45.8 cm³/mol. The first-order chi connectivity index (χ1) is 4.83. The van der Waals surface area contributed by atoms with E-state index in [1.165, 1.54) is 12.0 Å². The molecule has 0 atom stereocenters. The summed E-state index contributed by atoms with van der Waals surface area (Å²) in [6.07, 6.45) is 5.01. The second-order valence-electron chi connectivity index (χ2n) is 2.41. The third kappa shape index (κ3) is 3.42. The Bertz CT molecular complexity index is 157. The van der Waals surface area contributed by atoms with Crippen molar-refractivity contribution in [2.75, 3.05) is 6.61 Å². The van der Waals surface area contributed by atoms with Gasteiger partial charge in [-0.15, -0.1) is 12.4 Å². The number of halogens is 1. The van der Waals surface area contributed by atoms with E-state index in [4.69, 9.17) is 4.74 Å². The van der Waals surface area contributed by atoms with Crippen LogP contribution in [0.2, 0.25) is 0 Å². The predicted octanol–water partition coefficient (Wildman–Crippen LogP) is 2.08. The number of allylic oxidation sites excluding steroid dienone is 1. The van der Waals surface area contributed by atoms with Crippen LogP contribution >= 0.6 is 12.4 Å². The van der Waals surface area contributed by atoms with E-state index in [0.29, 0.717) is 6.61 Å². The normalized spacial score (nSPS) is 14.5. The first-order valence-corrected chi connectivity index (χ1v) is 3.69. The maximum absolute atomic E-state index is 10.7. The maximum atomic E-state index is 10.7. The molecular weight excluding hydrogens is 164 g/mol. The summed E-state index contributed by atoms with van der Waals surface area (Å²) in [6.45, 7) is 2.29. The molecule has 0 spiro atoms. The number of rotatable bonds is 2. The van der Waals surface area contributed by atoms with Crippen molar-refractivity contribution in [1.29, 1.82) is 0 Å². The summed E-state index contributed by atoms with van der Waals surface area (Å²) < 4.78 is 4.73. The first-order valence-electron chi connectivity index (χ1n) is 3.69. The highest BCUT2D eigenvalue weighted by molar-refractivity contribution is 5.85. The maximum Gasteiger partial charge on any atom is 0.330 e. The Morgan fingerprint density at radius 2 is 2.27 bits per heavy atom. The summed E-state index contributed by atoms with van der Waals surface area (Å²) in [5.74, 6) is -0.183. The largest absolute Gasteiger partial charge is 0.463 e. The standard InChI is InChI=1S/C8H12O2.ClH/c1-2-10-8(9)6-7-4-3-5-7;/h6H,2-5H2,1H3;1H. The van der Waals surface area contributed by atoms with Gasteiger partial charge >= 0.3 is 5.97 Å². The summed E-state index contributed by atoms with van der Waals surface area (Å²) in [5.41, 5.74) is 1.23. The van der Waals surface area contributed by atoms with Crippen LogP contribution in [0, 0.1) is 0 Å². The monoisotopic (exact) mass is 176 g/mol. The molecule has 1 fully saturated rings. The topological polar surface area (TPSA) is 26.3 Å². The number of carbonyl (C=O) groups excluding carboxylic acids is 1. The summed E-state index contributed by atoms with van der Waals surface area (Å²) in [4.78, 5) is 10.7. The van der Waals surface area contributed by atoms with E-state index in [-0.39, 0.29) is 18.4 Å². The molecule has 0 saturated heterocycles. The van der Waals surface area contributed by atoms with Gasteiger partial charge in [0.15, 0.2) is 0 Å². The average Bonchev–Trinajstić information content (AvgIpc) is 1.80. The molecule has 11 heavy (non-hydrogen) atoms. The van der Waals surface area contributed by atoms with Crippen molar-refractivity contribution in [2.24, 2.45) is 0 Å². The Labute approximate surface area is 73.0 Å². The summed E-state index contributed by atoms with van der Waals surface area (Å²) in [7, 11) is 0. The van der Waals surface area contributed by atoms with Gasteiger partial charge in [0.1, 0.15) is 0 Å². The van der Waals surface area contributed by atoms with E-state index in [9.17, 15) is 4.79 Å². The lowest BCUT2D eigenvalue weighted by atomic mass is 9.92. The summed E-state index contributed by atoms with van der Waals surface area (Å²) >= 11 is 0. The third-order valence-electron chi connectivity index (χ3n) is 1.60. The molecule has 1 rings (SSSR count). The van der Waals surface area contributed by atoms with E-state index in [0.717, 1.165) is 12.8 Å². The van der Waals surface area contributed by atoms with Crippen molar-refractivity contribution in [3.63, 3.8) is 0 Å². The quantitative estimate of drug-likeness (QED) is 0.476. The molecule has 0 bridgehead atoms. The van der Waals surface area contributed by atoms with E-state index in [2.05, 4.69) is 0 Å². The lowest BCUT2D eigenvalue weighted by Crippen LogP contribution is -2.04. The van der Waals surface area contributed by atoms with Gasteiger partial charge in [-0.05, 0) is 26.2 Å². The molecule has 0 aliphatic heterocycles. The third-order valence-corrected chi connectivity index (χ3v) is 1.60. The molecule has 1 aliphatic carbocycles. The molecule has 0 unspecified atom stereocenters. The highest BCUT2D eigenvalue weighted by Crippen LogP contribution is 2.24. The molecule has 0 amide bonds. The highest BCUT2D eigenvalue weighted by Gasteiger charge is 2.09. The lowest BCUT2D eigenvalue weighted by Gasteiger charge is -2.14. The number of carbonyl (C=O) groups is 1. The van der Waals surface area contributed by atoms with Crippen molar-refractivity contribution >= 4 is 18.4 Å². The molecule has 0 radical (unpaired) electrons. The average molecular weight is 177 g/mol. The van der Waals surface area contributed by atoms with Crippen LogP contribution in [0.15, 0.2) is 11.6 Å². The van der Waals surface area contributed by atoms with Gasteiger partial charge in [-0.25, -0.2) is 4.79 Å². The number of esters is 1. The van der Waals surface area contributed by atoms with Crippen molar-refractivity contribution in [2.45, 2.75) is 26.2 Å². The fourth-order valence-corrected chi connectivity index (χ4v) is 0.876. The number of hydrogen-bond acceptors (Lipinski definition) is 2. The van der Waals surface area contributed by atoms with Crippen molar-refractivity contribution < 1.29 is 9.53 Å². The van der Waals surface area contributed by atoms with Gasteiger partial charge in [0.25, 0.3) is 0 Å². The molecular formula is C8H13ClO2. The highest BCUT2D eigenvalue weighted by atomic mass is 35.5. The second-order valence-corrected chi connectivity index (χ2v) is 2.41. The second kappa shape index (κ2) is 5.19. The van der Waals surface area contributed by atoms with Crippen molar-refractivity contribution in [3.8, 4) is 0 Å². The zero-order valence-electron chi connectivity index (χ0n) is 6.63. The number of hydrogen-bond donors (Lipinski definition) is 0. The van der Waals surface area contributed by atoms with Crippen molar-refractivity contribution in [3.05, 3.63) is 11.6 Å². The molecule has 0 aromatic heterocycles. The molecule has 1 saturated carbocycles. The van der Waals surface area contributed by atoms with E-state index < -0.39 is 0 Å². The Morgan fingerprint density at radius 3 is 2.64 bits per heavy atom. The molecule has 0 heterocycles. The Hall–Kier alpha value is -0.500. The van der Waals surface area contributed by atoms with Gasteiger partial charge in [-0.2, -0.15) is 0 Å². The molecule has 2 nitrogen and oxygen atoms in total. The van der Waals surface area contributed by atoms with E-state index in [1.54, 1.807) is 6.08 Å². The van der Waals surface area contributed by atoms with Gasteiger partial charge < -0.3 is 4.74 Å². The molecule has 3 heteroatoms. The van der Waals surface area contributed by atoms with Crippen LogP contribution in [0.25, 0.3) is 0 Å². The number of ether oxygens (including phenoxy) is 1. The first kappa shape index (κ1) is 10.5. The Morgan fingerprint density at radius 1 is 1.64 bits per heavy atom. The summed E-state index contributed by atoms with van der Waals surface area (Å²) in [5, 5.41) is 0. The van der Waals surface area contributed by atoms with Gasteiger partial charge in [0, 0.05) is 6.08 Å². The summed E-state index contributed by atoms with van der Waals surface area (Å²) in [6, 6.07) is 0. The lowest BCUT2D eigenvalue weighted by molar-refractivity contribution is -0.137. The van der Waals surface area contributed by atoms with Crippen LogP contribution in [0.1, 0.15) is 26.2 Å². The smallest absolute Gasteiger partial charge is 0.330 e. The van der Waals surface area contributed by atoms with Gasteiger partial charge in [0.2, 0.25) is 0 Å². The fourth-order valence-electron chi connectivity index (χ4n) is 0.876. The Kier molecular flexibility index (Phi) is 4.95. The van der Waals surface area contributed by atoms with Crippen LogP contribution in [-0.2, 0) is 9.53 Å². The van der Waals surface area contributed by atoms with Gasteiger partial charge in [0.05, 0.1) is 6.61 Å². The zero-order chi connectivity index (χ0) is 7.40. The van der Waals surface area contributed by atoms with Crippen LogP contribution in [0.4, 0.5) is 0 Å². The SMILES string of the molecule is CCOC(=O)C=C1CCC1.Cl. The molecule has 64 valence electrons. The minimum atomic E-state index is -0.183. The van der Waals surface area contributed by atoms with Crippen LogP contribution < -0.4 is 0 Å². The van der Waals surface area contributed by atoms with Gasteiger partial charge in [-0.3, -0.25) is 0 Å². The van der Waals surface area contributed by atoms with Crippen molar-refractivity contribution in [1.82, 2.24) is 0 Å². The fraction of sp³-hybridized carbons (Fsp3) is 0.625. The van der Waals surface area contributed by atoms with Gasteiger partial charge in [-0.1, -0.05) is 5.57 Å². The van der Waals surface area contributed by atoms with Crippen LogP contribution in [0.5, 0.6) is 0 Å². The van der Waals surface area contributed by atoms with Crippen LogP contribution in [0.3, 0.4) is 0 Å². The molecule has 0 aromatic carbocycles. The van der Waals surface area contributed by atoms with E-state index >= 15 is 0 Å². The minimum Gasteiger partial charge on any atom is -0.463 e. The zero-order valence-corrected chi connectivity index (χ0v) is 7.45. The molecule has 1 aliphatic rings. The minimum absolute atomic E-state index is 0. The van der Waals surface area contributed by atoms with E-state index in [1.807, 2.05) is 6.92 Å². The molecule has 0 aromatic rings.